The van der Waals surface area contributed by atoms with Gasteiger partial charge in [0.25, 0.3) is 0 Å². The van der Waals surface area contributed by atoms with E-state index in [1.54, 1.807) is 0 Å². The molecule has 11 aromatic rings. The van der Waals surface area contributed by atoms with Crippen molar-refractivity contribution in [3.63, 3.8) is 0 Å². The molecule has 0 saturated carbocycles. The standard InChI is InChI=1S/C48H29N3O/c1-3-12-30(13-4-1)34-23-25-43-40(27-34)41-26-32-16-7-8-17-33(32)29-44(41)51(43)48-49-42-28-35(22-24-39(42)46(50-48)31-14-5-2-6-15-31)36-19-11-20-38-37-18-9-10-21-45(37)52-47(36)38/h1-29H/i2D,5D,6D,14D,15D. The fourth-order valence-electron chi connectivity index (χ4n) is 7.65. The average molecular weight is 669 g/mol. The highest BCUT2D eigenvalue weighted by Gasteiger charge is 2.20. The Morgan fingerprint density at radius 1 is 0.481 bits per heavy atom. The Kier molecular flexibility index (Phi) is 5.22. The molecule has 0 spiro atoms. The van der Waals surface area contributed by atoms with Gasteiger partial charge in [0.2, 0.25) is 5.95 Å². The summed E-state index contributed by atoms with van der Waals surface area (Å²) in [7, 11) is 0. The van der Waals surface area contributed by atoms with Crippen LogP contribution in [-0.2, 0) is 0 Å². The Balaban J connectivity index is 1.24. The van der Waals surface area contributed by atoms with E-state index in [1.807, 2.05) is 83.4 Å². The van der Waals surface area contributed by atoms with Crippen LogP contribution in [0.4, 0.5) is 0 Å². The smallest absolute Gasteiger partial charge is 0.235 e. The van der Waals surface area contributed by atoms with E-state index >= 15 is 0 Å². The molecule has 8 aromatic carbocycles. The zero-order chi connectivity index (χ0) is 38.5. The number of benzene rings is 8. The van der Waals surface area contributed by atoms with Crippen molar-refractivity contribution in [3.05, 3.63) is 176 Å². The average Bonchev–Trinajstić information content (AvgIpc) is 3.79. The molecule has 4 heteroatoms. The molecule has 0 aliphatic carbocycles. The molecule has 0 N–H and O–H groups in total. The van der Waals surface area contributed by atoms with Crippen molar-refractivity contribution in [3.8, 4) is 39.5 Å². The minimum atomic E-state index is -0.461. The van der Waals surface area contributed by atoms with Gasteiger partial charge in [0.15, 0.2) is 0 Å². The van der Waals surface area contributed by atoms with E-state index in [0.29, 0.717) is 16.9 Å². The first-order chi connectivity index (χ1) is 27.8. The van der Waals surface area contributed by atoms with Gasteiger partial charge >= 0.3 is 0 Å². The van der Waals surface area contributed by atoms with Gasteiger partial charge in [0.05, 0.1) is 29.1 Å². The summed E-state index contributed by atoms with van der Waals surface area (Å²) in [6, 6.07) is 47.1. The molecule has 0 amide bonds. The minimum absolute atomic E-state index is 0.0133. The van der Waals surface area contributed by atoms with Crippen molar-refractivity contribution in [1.29, 1.82) is 0 Å². The highest BCUT2D eigenvalue weighted by Crippen LogP contribution is 2.40. The Bertz CT molecular complexity index is 3450. The maximum absolute atomic E-state index is 9.02. The van der Waals surface area contributed by atoms with E-state index in [0.717, 1.165) is 76.8 Å². The van der Waals surface area contributed by atoms with Crippen molar-refractivity contribution >= 4 is 65.4 Å². The monoisotopic (exact) mass is 668 g/mol. The molecule has 3 heterocycles. The molecule has 3 aromatic heterocycles. The molecule has 0 radical (unpaired) electrons. The van der Waals surface area contributed by atoms with Crippen LogP contribution in [0, 0.1) is 0 Å². The van der Waals surface area contributed by atoms with Gasteiger partial charge in [-0.2, -0.15) is 0 Å². The SMILES string of the molecule is [2H]c1c([2H])c([2H])c(-c2nc(-n3c4ccc(-c5ccccc5)cc4c4cc5ccccc5cc43)nc3cc(-c4cccc5c4oc4ccccc45)ccc23)c([2H])c1[2H]. The molecule has 242 valence electrons. The van der Waals surface area contributed by atoms with Crippen LogP contribution in [-0.4, -0.2) is 14.5 Å². The van der Waals surface area contributed by atoms with E-state index in [4.69, 9.17) is 21.2 Å². The van der Waals surface area contributed by atoms with Crippen LogP contribution in [0.1, 0.15) is 6.85 Å². The summed E-state index contributed by atoms with van der Waals surface area (Å²) >= 11 is 0. The summed E-state index contributed by atoms with van der Waals surface area (Å²) in [4.78, 5) is 10.4. The number of aromatic nitrogens is 3. The van der Waals surface area contributed by atoms with E-state index in [-0.39, 0.29) is 23.3 Å². The van der Waals surface area contributed by atoms with Gasteiger partial charge < -0.3 is 4.42 Å². The van der Waals surface area contributed by atoms with Crippen LogP contribution in [0.15, 0.2) is 180 Å². The number of fused-ring (bicyclic) bond motifs is 8. The van der Waals surface area contributed by atoms with Crippen molar-refractivity contribution in [2.45, 2.75) is 0 Å². The van der Waals surface area contributed by atoms with Gasteiger partial charge in [-0.05, 0) is 69.9 Å². The molecule has 0 bridgehead atoms. The van der Waals surface area contributed by atoms with Gasteiger partial charge in [0.1, 0.15) is 11.2 Å². The van der Waals surface area contributed by atoms with E-state index in [2.05, 4.69) is 66.7 Å². The maximum atomic E-state index is 9.02. The lowest BCUT2D eigenvalue weighted by Crippen LogP contribution is -2.03. The third-order valence-corrected chi connectivity index (χ3v) is 10.1. The van der Waals surface area contributed by atoms with Gasteiger partial charge in [-0.3, -0.25) is 4.57 Å². The molecular formula is C48H29N3O. The summed E-state index contributed by atoms with van der Waals surface area (Å²) in [6.07, 6.45) is 0. The van der Waals surface area contributed by atoms with Crippen molar-refractivity contribution < 1.29 is 11.3 Å². The van der Waals surface area contributed by atoms with Gasteiger partial charge in [0, 0.05) is 38.1 Å². The van der Waals surface area contributed by atoms with Gasteiger partial charge in [-0.15, -0.1) is 0 Å². The fraction of sp³-hybridized carbons (Fsp3) is 0. The predicted molar refractivity (Wildman–Crippen MR) is 215 cm³/mol. The lowest BCUT2D eigenvalue weighted by Gasteiger charge is -2.13. The molecule has 0 saturated heterocycles. The predicted octanol–water partition coefficient (Wildman–Crippen LogP) is 12.8. The summed E-state index contributed by atoms with van der Waals surface area (Å²) < 4.78 is 52.0. The number of rotatable bonds is 4. The minimum Gasteiger partial charge on any atom is -0.455 e. The Morgan fingerprint density at radius 2 is 1.23 bits per heavy atom. The van der Waals surface area contributed by atoms with Gasteiger partial charge in [-0.25, -0.2) is 9.97 Å². The normalized spacial score (nSPS) is 13.2. The molecule has 0 atom stereocenters. The summed E-state index contributed by atoms with van der Waals surface area (Å²) in [5.41, 5.74) is 8.00. The molecule has 52 heavy (non-hydrogen) atoms. The highest BCUT2D eigenvalue weighted by molar-refractivity contribution is 6.15. The molecule has 4 nitrogen and oxygen atoms in total. The zero-order valence-corrected chi connectivity index (χ0v) is 27.6. The third-order valence-electron chi connectivity index (χ3n) is 10.1. The second-order valence-electron chi connectivity index (χ2n) is 13.0. The maximum Gasteiger partial charge on any atom is 0.235 e. The molecule has 0 unspecified atom stereocenters. The first-order valence-electron chi connectivity index (χ1n) is 19.7. The molecule has 0 aliphatic heterocycles. The second kappa shape index (κ2) is 11.2. The lowest BCUT2D eigenvalue weighted by atomic mass is 9.99. The summed E-state index contributed by atoms with van der Waals surface area (Å²) in [5.74, 6) is 0.311. The number of furan rings is 1. The van der Waals surface area contributed by atoms with E-state index < -0.39 is 18.1 Å². The number of para-hydroxylation sites is 2. The van der Waals surface area contributed by atoms with Crippen LogP contribution in [0.2, 0.25) is 0 Å². The zero-order valence-electron chi connectivity index (χ0n) is 32.6. The number of hydrogen-bond acceptors (Lipinski definition) is 3. The van der Waals surface area contributed by atoms with Crippen LogP contribution in [0.5, 0.6) is 0 Å². The van der Waals surface area contributed by atoms with Crippen molar-refractivity contribution in [2.24, 2.45) is 0 Å². The van der Waals surface area contributed by atoms with Crippen LogP contribution < -0.4 is 0 Å². The van der Waals surface area contributed by atoms with Gasteiger partial charge in [-0.1, -0.05) is 133 Å². The molecule has 0 aliphatic rings. The molecular weight excluding hydrogens is 635 g/mol. The molecule has 11 rings (SSSR count). The largest absolute Gasteiger partial charge is 0.455 e. The fourth-order valence-corrected chi connectivity index (χ4v) is 7.65. The first kappa shape index (κ1) is 24.2. The Morgan fingerprint density at radius 3 is 2.12 bits per heavy atom. The topological polar surface area (TPSA) is 43.9 Å². The quantitative estimate of drug-likeness (QED) is 0.187. The number of hydrogen-bond donors (Lipinski definition) is 0. The van der Waals surface area contributed by atoms with Crippen molar-refractivity contribution in [2.75, 3.05) is 0 Å². The van der Waals surface area contributed by atoms with Crippen LogP contribution >= 0.6 is 0 Å². The summed E-state index contributed by atoms with van der Waals surface area (Å²) in [6.45, 7) is 0. The second-order valence-corrected chi connectivity index (χ2v) is 13.0. The van der Waals surface area contributed by atoms with E-state index in [1.165, 1.54) is 0 Å². The lowest BCUT2D eigenvalue weighted by molar-refractivity contribution is 0.670. The highest BCUT2D eigenvalue weighted by atomic mass is 16.3. The Labute approximate surface area is 305 Å². The van der Waals surface area contributed by atoms with Crippen LogP contribution in [0.25, 0.3) is 105 Å². The van der Waals surface area contributed by atoms with E-state index in [9.17, 15) is 0 Å². The Hall–Kier alpha value is -7.04. The first-order valence-corrected chi connectivity index (χ1v) is 17.2. The number of nitrogens with zero attached hydrogens (tertiary/aromatic N) is 3. The summed E-state index contributed by atoms with van der Waals surface area (Å²) in [5, 5.41) is 6.74. The molecule has 0 fully saturated rings. The van der Waals surface area contributed by atoms with Crippen LogP contribution in [0.3, 0.4) is 0 Å². The van der Waals surface area contributed by atoms with Crippen molar-refractivity contribution in [1.82, 2.24) is 14.5 Å². The third kappa shape index (κ3) is 4.41.